The van der Waals surface area contributed by atoms with Crippen LogP contribution in [-0.2, 0) is 0 Å². The van der Waals surface area contributed by atoms with Crippen LogP contribution in [0.1, 0.15) is 21.7 Å². The predicted octanol–water partition coefficient (Wildman–Crippen LogP) is 2.38. The Morgan fingerprint density at radius 2 is 1.79 bits per heavy atom. The van der Waals surface area contributed by atoms with Crippen molar-refractivity contribution in [3.05, 3.63) is 65.8 Å². The van der Waals surface area contributed by atoms with Gasteiger partial charge in [-0.05, 0) is 31.5 Å². The standard InChI is InChI=1S/C20H21FN6O/c1-14-3-4-16(11-17(14)21)20(28)26-9-7-25(8-10-26)18-12-19(24-15(2)23-18)27-6-5-22-13-27/h3-6,11-13H,7-10H2,1-2H3. The first-order chi connectivity index (χ1) is 13.5. The molecule has 144 valence electrons. The van der Waals surface area contributed by atoms with Gasteiger partial charge in [0.2, 0.25) is 0 Å². The van der Waals surface area contributed by atoms with Gasteiger partial charge in [0.1, 0.15) is 29.6 Å². The molecule has 3 heterocycles. The van der Waals surface area contributed by atoms with Crippen LogP contribution in [0.5, 0.6) is 0 Å². The van der Waals surface area contributed by atoms with E-state index in [0.29, 0.717) is 43.1 Å². The Kier molecular flexibility index (Phi) is 4.77. The van der Waals surface area contributed by atoms with Crippen LogP contribution in [0.25, 0.3) is 5.82 Å². The van der Waals surface area contributed by atoms with Crippen molar-refractivity contribution in [2.24, 2.45) is 0 Å². The molecule has 0 N–H and O–H groups in total. The number of benzene rings is 1. The first kappa shape index (κ1) is 18.1. The third-order valence-corrected chi connectivity index (χ3v) is 4.89. The van der Waals surface area contributed by atoms with Crippen LogP contribution in [0, 0.1) is 19.7 Å². The number of aromatic nitrogens is 4. The average Bonchev–Trinajstić information content (AvgIpc) is 3.24. The molecule has 1 saturated heterocycles. The van der Waals surface area contributed by atoms with Crippen LogP contribution in [0.15, 0.2) is 43.0 Å². The summed E-state index contributed by atoms with van der Waals surface area (Å²) in [5.74, 6) is 1.76. The Bertz CT molecular complexity index is 996. The fourth-order valence-corrected chi connectivity index (χ4v) is 3.27. The molecule has 0 spiro atoms. The van der Waals surface area contributed by atoms with E-state index in [-0.39, 0.29) is 11.7 Å². The van der Waals surface area contributed by atoms with E-state index >= 15 is 0 Å². The Morgan fingerprint density at radius 3 is 2.46 bits per heavy atom. The molecule has 0 aliphatic carbocycles. The van der Waals surface area contributed by atoms with E-state index in [1.54, 1.807) is 36.5 Å². The number of amides is 1. The zero-order valence-electron chi connectivity index (χ0n) is 15.8. The summed E-state index contributed by atoms with van der Waals surface area (Å²) in [6.07, 6.45) is 5.24. The number of imidazole rings is 1. The predicted molar refractivity (Wildman–Crippen MR) is 103 cm³/mol. The van der Waals surface area contributed by atoms with E-state index in [1.807, 2.05) is 23.8 Å². The van der Waals surface area contributed by atoms with Gasteiger partial charge in [-0.25, -0.2) is 19.3 Å². The van der Waals surface area contributed by atoms with E-state index in [2.05, 4.69) is 19.9 Å². The summed E-state index contributed by atoms with van der Waals surface area (Å²) in [4.78, 5) is 29.6. The first-order valence-electron chi connectivity index (χ1n) is 9.15. The number of carbonyl (C=O) groups excluding carboxylic acids is 1. The number of rotatable bonds is 3. The summed E-state index contributed by atoms with van der Waals surface area (Å²) >= 11 is 0. The number of carbonyl (C=O) groups is 1. The molecule has 0 radical (unpaired) electrons. The van der Waals surface area contributed by atoms with Crippen LogP contribution in [0.3, 0.4) is 0 Å². The number of nitrogens with zero attached hydrogens (tertiary/aromatic N) is 6. The van der Waals surface area contributed by atoms with Crippen molar-refractivity contribution in [2.75, 3.05) is 31.1 Å². The Hall–Kier alpha value is -3.29. The Balaban J connectivity index is 1.47. The minimum atomic E-state index is -0.354. The lowest BCUT2D eigenvalue weighted by Crippen LogP contribution is -2.49. The lowest BCUT2D eigenvalue weighted by molar-refractivity contribution is 0.0746. The molecule has 4 rings (SSSR count). The molecular weight excluding hydrogens is 359 g/mol. The zero-order valence-corrected chi connectivity index (χ0v) is 15.8. The lowest BCUT2D eigenvalue weighted by Gasteiger charge is -2.35. The molecule has 1 aliphatic rings. The van der Waals surface area contributed by atoms with Gasteiger partial charge in [0.15, 0.2) is 0 Å². The maximum atomic E-state index is 13.8. The van der Waals surface area contributed by atoms with Crippen molar-refractivity contribution in [1.29, 1.82) is 0 Å². The fourth-order valence-electron chi connectivity index (χ4n) is 3.27. The number of aryl methyl sites for hydroxylation is 2. The van der Waals surface area contributed by atoms with Crippen molar-refractivity contribution >= 4 is 11.7 Å². The molecule has 1 aromatic carbocycles. The number of hydrogen-bond acceptors (Lipinski definition) is 5. The van der Waals surface area contributed by atoms with Crippen molar-refractivity contribution in [3.8, 4) is 5.82 Å². The molecule has 0 atom stereocenters. The van der Waals surface area contributed by atoms with Crippen LogP contribution in [0.4, 0.5) is 10.2 Å². The summed E-state index contributed by atoms with van der Waals surface area (Å²) in [5.41, 5.74) is 0.922. The molecule has 28 heavy (non-hydrogen) atoms. The quantitative estimate of drug-likeness (QED) is 0.698. The normalized spacial score (nSPS) is 14.4. The molecule has 3 aromatic rings. The lowest BCUT2D eigenvalue weighted by atomic mass is 10.1. The molecule has 0 bridgehead atoms. The third kappa shape index (κ3) is 3.58. The molecule has 2 aromatic heterocycles. The maximum absolute atomic E-state index is 13.8. The summed E-state index contributed by atoms with van der Waals surface area (Å²) < 4.78 is 15.6. The van der Waals surface area contributed by atoms with Crippen molar-refractivity contribution in [1.82, 2.24) is 24.4 Å². The van der Waals surface area contributed by atoms with E-state index in [0.717, 1.165) is 11.6 Å². The van der Waals surface area contributed by atoms with Crippen LogP contribution < -0.4 is 4.90 Å². The highest BCUT2D eigenvalue weighted by atomic mass is 19.1. The molecule has 0 saturated carbocycles. The second-order valence-electron chi connectivity index (χ2n) is 6.84. The smallest absolute Gasteiger partial charge is 0.254 e. The molecule has 8 heteroatoms. The van der Waals surface area contributed by atoms with Gasteiger partial charge in [0.25, 0.3) is 5.91 Å². The second-order valence-corrected chi connectivity index (χ2v) is 6.84. The topological polar surface area (TPSA) is 67.2 Å². The monoisotopic (exact) mass is 380 g/mol. The first-order valence-corrected chi connectivity index (χ1v) is 9.15. The highest BCUT2D eigenvalue weighted by Gasteiger charge is 2.24. The number of piperazine rings is 1. The van der Waals surface area contributed by atoms with Gasteiger partial charge in [-0.15, -0.1) is 0 Å². The van der Waals surface area contributed by atoms with Gasteiger partial charge < -0.3 is 9.80 Å². The van der Waals surface area contributed by atoms with Gasteiger partial charge in [0, 0.05) is 50.2 Å². The number of hydrogen-bond donors (Lipinski definition) is 0. The minimum absolute atomic E-state index is 0.142. The number of anilines is 1. The van der Waals surface area contributed by atoms with Crippen LogP contribution >= 0.6 is 0 Å². The summed E-state index contributed by atoms with van der Waals surface area (Å²) in [5, 5.41) is 0. The molecule has 1 fully saturated rings. The average molecular weight is 380 g/mol. The largest absolute Gasteiger partial charge is 0.353 e. The minimum Gasteiger partial charge on any atom is -0.353 e. The van der Waals surface area contributed by atoms with E-state index in [1.165, 1.54) is 6.07 Å². The van der Waals surface area contributed by atoms with Crippen molar-refractivity contribution in [2.45, 2.75) is 13.8 Å². The van der Waals surface area contributed by atoms with Gasteiger partial charge in [-0.3, -0.25) is 9.36 Å². The second kappa shape index (κ2) is 7.38. The third-order valence-electron chi connectivity index (χ3n) is 4.89. The fraction of sp³-hybridized carbons (Fsp3) is 0.300. The van der Waals surface area contributed by atoms with Gasteiger partial charge in [-0.2, -0.15) is 0 Å². The molecule has 7 nitrogen and oxygen atoms in total. The Labute approximate surface area is 162 Å². The molecular formula is C20H21FN6O. The highest BCUT2D eigenvalue weighted by molar-refractivity contribution is 5.94. The zero-order chi connectivity index (χ0) is 19.7. The number of halogens is 1. The van der Waals surface area contributed by atoms with E-state index in [9.17, 15) is 9.18 Å². The maximum Gasteiger partial charge on any atom is 0.254 e. The van der Waals surface area contributed by atoms with E-state index < -0.39 is 0 Å². The SMILES string of the molecule is Cc1nc(N2CCN(C(=O)c3ccc(C)c(F)c3)CC2)cc(-n2ccnc2)n1. The molecule has 0 unspecified atom stereocenters. The summed E-state index contributed by atoms with van der Waals surface area (Å²) in [7, 11) is 0. The van der Waals surface area contributed by atoms with Gasteiger partial charge in [0.05, 0.1) is 0 Å². The van der Waals surface area contributed by atoms with Crippen LogP contribution in [-0.4, -0.2) is 56.5 Å². The van der Waals surface area contributed by atoms with Gasteiger partial charge in [-0.1, -0.05) is 6.07 Å². The van der Waals surface area contributed by atoms with Crippen LogP contribution in [0.2, 0.25) is 0 Å². The van der Waals surface area contributed by atoms with Crippen molar-refractivity contribution in [3.63, 3.8) is 0 Å². The summed E-state index contributed by atoms with van der Waals surface area (Å²) in [6.45, 7) is 5.95. The highest BCUT2D eigenvalue weighted by Crippen LogP contribution is 2.19. The van der Waals surface area contributed by atoms with Gasteiger partial charge >= 0.3 is 0 Å². The summed E-state index contributed by atoms with van der Waals surface area (Å²) in [6, 6.07) is 6.55. The molecule has 1 amide bonds. The van der Waals surface area contributed by atoms with Crippen molar-refractivity contribution < 1.29 is 9.18 Å². The Morgan fingerprint density at radius 1 is 1.04 bits per heavy atom. The van der Waals surface area contributed by atoms with E-state index in [4.69, 9.17) is 0 Å². The molecule has 1 aliphatic heterocycles.